The minimum Gasteiger partial charge on any atom is -0.469 e. The van der Waals surface area contributed by atoms with E-state index in [1.165, 1.54) is 7.11 Å². The lowest BCUT2D eigenvalue weighted by Gasteiger charge is -2.03. The Morgan fingerprint density at radius 1 is 1.71 bits per heavy atom. The predicted octanol–water partition coefficient (Wildman–Crippen LogP) is 0.977. The molecular formula is C10H10N2O2. The molecule has 1 rings (SSSR count). The van der Waals surface area contributed by atoms with Gasteiger partial charge in [-0.1, -0.05) is 0 Å². The molecule has 0 atom stereocenters. The topological polar surface area (TPSA) is 63.0 Å². The molecule has 0 aliphatic carbocycles. The summed E-state index contributed by atoms with van der Waals surface area (Å²) in [6.45, 7) is 1.81. The van der Waals surface area contributed by atoms with Crippen molar-refractivity contribution in [2.24, 2.45) is 0 Å². The third kappa shape index (κ3) is 2.07. The molecule has 1 heterocycles. The van der Waals surface area contributed by atoms with Gasteiger partial charge in [-0.25, -0.2) is 0 Å². The van der Waals surface area contributed by atoms with Gasteiger partial charge in [0.15, 0.2) is 0 Å². The molecule has 0 saturated heterocycles. The number of nitriles is 1. The second-order valence-electron chi connectivity index (χ2n) is 2.81. The fraction of sp³-hybridized carbons (Fsp3) is 0.300. The Hall–Kier alpha value is -1.89. The van der Waals surface area contributed by atoms with Crippen molar-refractivity contribution in [2.75, 3.05) is 7.11 Å². The lowest BCUT2D eigenvalue weighted by Crippen LogP contribution is -2.08. The summed E-state index contributed by atoms with van der Waals surface area (Å²) < 4.78 is 4.51. The molecule has 14 heavy (non-hydrogen) atoms. The SMILES string of the molecule is COC(=O)Cc1nccc(C)c1C#N. The number of hydrogen-bond acceptors (Lipinski definition) is 4. The molecule has 0 saturated carbocycles. The van der Waals surface area contributed by atoms with Gasteiger partial charge in [-0.05, 0) is 18.6 Å². The Bertz CT molecular complexity index is 394. The van der Waals surface area contributed by atoms with Crippen molar-refractivity contribution in [3.63, 3.8) is 0 Å². The zero-order valence-electron chi connectivity index (χ0n) is 8.07. The first-order valence-corrected chi connectivity index (χ1v) is 4.10. The summed E-state index contributed by atoms with van der Waals surface area (Å²) in [6, 6.07) is 3.76. The van der Waals surface area contributed by atoms with Gasteiger partial charge in [-0.3, -0.25) is 9.78 Å². The Kier molecular flexibility index (Phi) is 3.19. The number of carbonyl (C=O) groups excluding carboxylic acids is 1. The molecule has 1 aromatic heterocycles. The van der Waals surface area contributed by atoms with Crippen molar-refractivity contribution in [3.05, 3.63) is 29.1 Å². The number of rotatable bonds is 2. The number of ether oxygens (including phenoxy) is 1. The van der Waals surface area contributed by atoms with E-state index < -0.39 is 0 Å². The molecule has 0 N–H and O–H groups in total. The zero-order valence-corrected chi connectivity index (χ0v) is 8.07. The number of hydrogen-bond donors (Lipinski definition) is 0. The normalized spacial score (nSPS) is 9.21. The molecule has 1 aromatic rings. The molecule has 72 valence electrons. The summed E-state index contributed by atoms with van der Waals surface area (Å²) in [5.74, 6) is -0.389. The maximum atomic E-state index is 11.0. The van der Waals surface area contributed by atoms with Gasteiger partial charge < -0.3 is 4.74 Å². The van der Waals surface area contributed by atoms with E-state index in [1.54, 1.807) is 19.2 Å². The second-order valence-corrected chi connectivity index (χ2v) is 2.81. The van der Waals surface area contributed by atoms with Crippen molar-refractivity contribution < 1.29 is 9.53 Å². The van der Waals surface area contributed by atoms with Crippen LogP contribution in [-0.2, 0) is 16.0 Å². The van der Waals surface area contributed by atoms with Crippen molar-refractivity contribution in [2.45, 2.75) is 13.3 Å². The number of methoxy groups -OCH3 is 1. The van der Waals surface area contributed by atoms with E-state index in [-0.39, 0.29) is 12.4 Å². The summed E-state index contributed by atoms with van der Waals surface area (Å²) in [5, 5.41) is 8.84. The number of nitrogens with zero attached hydrogens (tertiary/aromatic N) is 2. The summed E-state index contributed by atoms with van der Waals surface area (Å²) in [4.78, 5) is 15.0. The van der Waals surface area contributed by atoms with E-state index in [1.807, 2.05) is 6.07 Å². The van der Waals surface area contributed by atoms with Gasteiger partial charge >= 0.3 is 5.97 Å². The van der Waals surface area contributed by atoms with E-state index >= 15 is 0 Å². The number of aryl methyl sites for hydroxylation is 1. The van der Waals surface area contributed by atoms with Gasteiger partial charge in [-0.2, -0.15) is 5.26 Å². The molecule has 0 spiro atoms. The van der Waals surface area contributed by atoms with Gasteiger partial charge in [0.05, 0.1) is 24.8 Å². The van der Waals surface area contributed by atoms with E-state index in [2.05, 4.69) is 9.72 Å². The minimum absolute atomic E-state index is 0.0427. The molecule has 4 nitrogen and oxygen atoms in total. The van der Waals surface area contributed by atoms with E-state index in [4.69, 9.17) is 5.26 Å². The van der Waals surface area contributed by atoms with Crippen LogP contribution in [0.4, 0.5) is 0 Å². The molecule has 0 unspecified atom stereocenters. The zero-order chi connectivity index (χ0) is 10.6. The fourth-order valence-electron chi connectivity index (χ4n) is 1.11. The molecule has 0 radical (unpaired) electrons. The van der Waals surface area contributed by atoms with Crippen LogP contribution in [0, 0.1) is 18.3 Å². The summed E-state index contributed by atoms with van der Waals surface area (Å²) in [7, 11) is 1.31. The highest BCUT2D eigenvalue weighted by molar-refractivity contribution is 5.72. The molecule has 0 fully saturated rings. The summed E-state index contributed by atoms with van der Waals surface area (Å²) in [6.07, 6.45) is 1.62. The van der Waals surface area contributed by atoms with E-state index in [9.17, 15) is 4.79 Å². The third-order valence-electron chi connectivity index (χ3n) is 1.89. The number of esters is 1. The van der Waals surface area contributed by atoms with Crippen molar-refractivity contribution in [1.29, 1.82) is 5.26 Å². The van der Waals surface area contributed by atoms with Crippen LogP contribution in [0.2, 0.25) is 0 Å². The van der Waals surface area contributed by atoms with Crippen LogP contribution < -0.4 is 0 Å². The van der Waals surface area contributed by atoms with Crippen LogP contribution in [0.1, 0.15) is 16.8 Å². The first kappa shape index (κ1) is 10.2. The summed E-state index contributed by atoms with van der Waals surface area (Å²) in [5.41, 5.74) is 1.75. The van der Waals surface area contributed by atoms with Crippen LogP contribution in [-0.4, -0.2) is 18.1 Å². The maximum Gasteiger partial charge on any atom is 0.311 e. The van der Waals surface area contributed by atoms with Crippen molar-refractivity contribution in [1.82, 2.24) is 4.98 Å². The highest BCUT2D eigenvalue weighted by Gasteiger charge is 2.10. The first-order chi connectivity index (χ1) is 6.69. The minimum atomic E-state index is -0.389. The Balaban J connectivity index is 3.04. The average molecular weight is 190 g/mol. The van der Waals surface area contributed by atoms with Crippen molar-refractivity contribution >= 4 is 5.97 Å². The quantitative estimate of drug-likeness (QED) is 0.652. The van der Waals surface area contributed by atoms with Gasteiger partial charge in [0.1, 0.15) is 6.07 Å². The molecule has 0 aliphatic heterocycles. The fourth-order valence-corrected chi connectivity index (χ4v) is 1.11. The van der Waals surface area contributed by atoms with E-state index in [0.717, 1.165) is 5.56 Å². The van der Waals surface area contributed by atoms with Crippen molar-refractivity contribution in [3.8, 4) is 6.07 Å². The van der Waals surface area contributed by atoms with Crippen LogP contribution in [0.15, 0.2) is 12.3 Å². The van der Waals surface area contributed by atoms with E-state index in [0.29, 0.717) is 11.3 Å². The molecular weight excluding hydrogens is 180 g/mol. The first-order valence-electron chi connectivity index (χ1n) is 4.10. The largest absolute Gasteiger partial charge is 0.469 e. The average Bonchev–Trinajstić information content (AvgIpc) is 2.18. The lowest BCUT2D eigenvalue weighted by molar-refractivity contribution is -0.139. The molecule has 0 bridgehead atoms. The van der Waals surface area contributed by atoms with Gasteiger partial charge in [0.2, 0.25) is 0 Å². The van der Waals surface area contributed by atoms with Gasteiger partial charge in [0, 0.05) is 6.20 Å². The van der Waals surface area contributed by atoms with Crippen LogP contribution in [0.3, 0.4) is 0 Å². The molecule has 0 amide bonds. The monoisotopic (exact) mass is 190 g/mol. The molecule has 0 aromatic carbocycles. The number of aromatic nitrogens is 1. The Morgan fingerprint density at radius 3 is 3.00 bits per heavy atom. The molecule has 4 heteroatoms. The number of pyridine rings is 1. The lowest BCUT2D eigenvalue weighted by atomic mass is 10.1. The predicted molar refractivity (Wildman–Crippen MR) is 49.4 cm³/mol. The Labute approximate surface area is 82.1 Å². The smallest absolute Gasteiger partial charge is 0.311 e. The van der Waals surface area contributed by atoms with Crippen LogP contribution >= 0.6 is 0 Å². The highest BCUT2D eigenvalue weighted by Crippen LogP contribution is 2.10. The second kappa shape index (κ2) is 4.38. The van der Waals surface area contributed by atoms with Gasteiger partial charge in [-0.15, -0.1) is 0 Å². The van der Waals surface area contributed by atoms with Crippen LogP contribution in [0.5, 0.6) is 0 Å². The standard InChI is InChI=1S/C10H10N2O2/c1-7-3-4-12-9(8(7)6-11)5-10(13)14-2/h3-4H,5H2,1-2H3. The van der Waals surface area contributed by atoms with Crippen LogP contribution in [0.25, 0.3) is 0 Å². The number of carbonyl (C=O) groups is 1. The summed E-state index contributed by atoms with van der Waals surface area (Å²) >= 11 is 0. The maximum absolute atomic E-state index is 11.0. The molecule has 0 aliphatic rings. The Morgan fingerprint density at radius 2 is 2.43 bits per heavy atom. The highest BCUT2D eigenvalue weighted by atomic mass is 16.5. The van der Waals surface area contributed by atoms with Gasteiger partial charge in [0.25, 0.3) is 0 Å². The third-order valence-corrected chi connectivity index (χ3v) is 1.89.